The van der Waals surface area contributed by atoms with Gasteiger partial charge in [-0.3, -0.25) is 0 Å². The normalized spacial score (nSPS) is 16.0. The second-order valence-corrected chi connectivity index (χ2v) is 8.56. The lowest BCUT2D eigenvalue weighted by atomic mass is 10.1. The van der Waals surface area contributed by atoms with E-state index in [9.17, 15) is 8.42 Å². The molecule has 0 atom stereocenters. The topological polar surface area (TPSA) is 74.4 Å². The Hall–Kier alpha value is -2.19. The molecule has 0 saturated carbocycles. The fraction of sp³-hybridized carbons (Fsp3) is 0.300. The van der Waals surface area contributed by atoms with Crippen LogP contribution in [0.3, 0.4) is 0 Å². The molecule has 0 radical (unpaired) electrons. The molecule has 2 heterocycles. The molecular weight excluding hydrogens is 362 g/mol. The van der Waals surface area contributed by atoms with Crippen LogP contribution in [0.1, 0.15) is 11.1 Å². The monoisotopic (exact) mass is 385 g/mol. The number of ether oxygens (including phenoxy) is 1. The molecule has 0 amide bonds. The van der Waals surface area contributed by atoms with E-state index in [0.717, 1.165) is 17.6 Å². The third kappa shape index (κ3) is 3.91. The maximum Gasteiger partial charge on any atom is 0.243 e. The highest BCUT2D eigenvalue weighted by Gasteiger charge is 2.25. The third-order valence-corrected chi connectivity index (χ3v) is 6.77. The van der Waals surface area contributed by atoms with Crippen molar-refractivity contribution in [1.29, 1.82) is 0 Å². The van der Waals surface area contributed by atoms with E-state index in [1.54, 1.807) is 12.1 Å². The molecule has 3 aromatic rings. The van der Waals surface area contributed by atoms with E-state index in [4.69, 9.17) is 4.74 Å². The van der Waals surface area contributed by atoms with Crippen LogP contribution in [0.25, 0.3) is 10.9 Å². The van der Waals surface area contributed by atoms with Gasteiger partial charge in [-0.05, 0) is 35.4 Å². The number of hydrogen-bond acceptors (Lipinski definition) is 4. The molecule has 6 nitrogen and oxygen atoms in total. The molecule has 1 fully saturated rings. The van der Waals surface area contributed by atoms with Gasteiger partial charge in [-0.2, -0.15) is 4.31 Å². The summed E-state index contributed by atoms with van der Waals surface area (Å²) < 4.78 is 32.0. The van der Waals surface area contributed by atoms with Gasteiger partial charge in [-0.25, -0.2) is 8.42 Å². The zero-order valence-electron chi connectivity index (χ0n) is 15.0. The van der Waals surface area contributed by atoms with Gasteiger partial charge in [0.25, 0.3) is 0 Å². The van der Waals surface area contributed by atoms with Crippen molar-refractivity contribution in [1.82, 2.24) is 14.6 Å². The number of H-pyrrole nitrogens is 1. The number of benzene rings is 2. The number of fused-ring (bicyclic) bond motifs is 1. The highest BCUT2D eigenvalue weighted by Crippen LogP contribution is 2.19. The molecule has 142 valence electrons. The first-order chi connectivity index (χ1) is 13.1. The van der Waals surface area contributed by atoms with Crippen molar-refractivity contribution in [2.75, 3.05) is 26.3 Å². The van der Waals surface area contributed by atoms with Gasteiger partial charge < -0.3 is 15.0 Å². The van der Waals surface area contributed by atoms with Crippen LogP contribution < -0.4 is 5.32 Å². The van der Waals surface area contributed by atoms with E-state index >= 15 is 0 Å². The van der Waals surface area contributed by atoms with Gasteiger partial charge in [0.05, 0.1) is 18.1 Å². The van der Waals surface area contributed by atoms with Crippen molar-refractivity contribution < 1.29 is 13.2 Å². The van der Waals surface area contributed by atoms with Crippen molar-refractivity contribution in [3.05, 3.63) is 65.9 Å². The Balaban J connectivity index is 1.38. The molecule has 1 aliphatic heterocycles. The summed E-state index contributed by atoms with van der Waals surface area (Å²) >= 11 is 0. The molecule has 7 heteroatoms. The smallest absolute Gasteiger partial charge is 0.243 e. The van der Waals surface area contributed by atoms with Crippen LogP contribution in [0, 0.1) is 0 Å². The Kier molecular flexibility index (Phi) is 5.27. The molecule has 2 N–H and O–H groups in total. The number of morpholine rings is 1. The van der Waals surface area contributed by atoms with E-state index < -0.39 is 10.0 Å². The van der Waals surface area contributed by atoms with Gasteiger partial charge in [-0.1, -0.05) is 24.3 Å². The van der Waals surface area contributed by atoms with E-state index in [0.29, 0.717) is 37.7 Å². The average molecular weight is 385 g/mol. The zero-order valence-corrected chi connectivity index (χ0v) is 15.8. The molecule has 0 bridgehead atoms. The van der Waals surface area contributed by atoms with Crippen molar-refractivity contribution in [2.24, 2.45) is 0 Å². The molecule has 1 aromatic heterocycles. The molecule has 27 heavy (non-hydrogen) atoms. The summed E-state index contributed by atoms with van der Waals surface area (Å²) in [6.45, 7) is 3.17. The van der Waals surface area contributed by atoms with Gasteiger partial charge in [0, 0.05) is 43.3 Å². The van der Waals surface area contributed by atoms with Crippen LogP contribution in [0.4, 0.5) is 0 Å². The summed E-state index contributed by atoms with van der Waals surface area (Å²) in [7, 11) is -3.43. The maximum atomic E-state index is 12.6. The zero-order chi connectivity index (χ0) is 18.7. The lowest BCUT2D eigenvalue weighted by Gasteiger charge is -2.26. The van der Waals surface area contributed by atoms with Crippen molar-refractivity contribution in [2.45, 2.75) is 18.0 Å². The van der Waals surface area contributed by atoms with E-state index in [-0.39, 0.29) is 0 Å². The molecule has 1 aliphatic rings. The maximum absolute atomic E-state index is 12.6. The second-order valence-electron chi connectivity index (χ2n) is 6.62. The fourth-order valence-electron chi connectivity index (χ4n) is 3.36. The first-order valence-electron chi connectivity index (χ1n) is 9.07. The second kappa shape index (κ2) is 7.82. The van der Waals surface area contributed by atoms with Gasteiger partial charge in [-0.15, -0.1) is 0 Å². The van der Waals surface area contributed by atoms with Gasteiger partial charge in [0.1, 0.15) is 0 Å². The Morgan fingerprint density at radius 1 is 1.00 bits per heavy atom. The predicted octanol–water partition coefficient (Wildman–Crippen LogP) is 2.48. The summed E-state index contributed by atoms with van der Waals surface area (Å²) in [4.78, 5) is 3.56. The summed E-state index contributed by atoms with van der Waals surface area (Å²) in [6, 6.07) is 15.4. The lowest BCUT2D eigenvalue weighted by Crippen LogP contribution is -2.40. The Morgan fingerprint density at radius 3 is 2.56 bits per heavy atom. The molecule has 4 rings (SSSR count). The standard InChI is InChI=1S/C20H23N3O3S/c24-27(25,23-10-12-26-13-11-23)18-6-4-16(5-7-18)14-21-15-17-2-1-3-20-19(17)8-9-22-20/h1-9,21-22H,10-15H2. The van der Waals surface area contributed by atoms with Crippen LogP contribution in [0.2, 0.25) is 0 Å². The number of aromatic amines is 1. The first-order valence-corrected chi connectivity index (χ1v) is 10.5. The minimum absolute atomic E-state index is 0.338. The van der Waals surface area contributed by atoms with E-state index in [1.165, 1.54) is 15.3 Å². The number of nitrogens with zero attached hydrogens (tertiary/aromatic N) is 1. The molecule has 2 aromatic carbocycles. The van der Waals surface area contributed by atoms with E-state index in [2.05, 4.69) is 28.5 Å². The Bertz CT molecular complexity index is 1010. The van der Waals surface area contributed by atoms with Crippen LogP contribution >= 0.6 is 0 Å². The molecular formula is C20H23N3O3S. The fourth-order valence-corrected chi connectivity index (χ4v) is 4.77. The molecule has 1 saturated heterocycles. The number of rotatable bonds is 6. The summed E-state index contributed by atoms with van der Waals surface area (Å²) in [6.07, 6.45) is 1.95. The summed E-state index contributed by atoms with van der Waals surface area (Å²) in [5, 5.41) is 4.65. The average Bonchev–Trinajstić information content (AvgIpc) is 3.19. The van der Waals surface area contributed by atoms with Gasteiger partial charge >= 0.3 is 0 Å². The molecule has 0 spiro atoms. The Morgan fingerprint density at radius 2 is 1.78 bits per heavy atom. The highest BCUT2D eigenvalue weighted by atomic mass is 32.2. The van der Waals surface area contributed by atoms with Crippen LogP contribution in [-0.4, -0.2) is 44.0 Å². The van der Waals surface area contributed by atoms with Crippen molar-refractivity contribution >= 4 is 20.9 Å². The van der Waals surface area contributed by atoms with E-state index in [1.807, 2.05) is 24.4 Å². The SMILES string of the molecule is O=S(=O)(c1ccc(CNCc2cccc3[nH]ccc23)cc1)N1CCOCC1. The van der Waals surface area contributed by atoms with Crippen molar-refractivity contribution in [3.63, 3.8) is 0 Å². The van der Waals surface area contributed by atoms with Crippen LogP contribution in [0.5, 0.6) is 0 Å². The summed E-state index contributed by atoms with van der Waals surface area (Å²) in [5.74, 6) is 0. The highest BCUT2D eigenvalue weighted by molar-refractivity contribution is 7.89. The Labute approximate surface area is 159 Å². The minimum Gasteiger partial charge on any atom is -0.379 e. The lowest BCUT2D eigenvalue weighted by molar-refractivity contribution is 0.0730. The quantitative estimate of drug-likeness (QED) is 0.684. The predicted molar refractivity (Wildman–Crippen MR) is 105 cm³/mol. The number of aromatic nitrogens is 1. The first kappa shape index (κ1) is 18.2. The van der Waals surface area contributed by atoms with Crippen LogP contribution in [-0.2, 0) is 27.8 Å². The van der Waals surface area contributed by atoms with Gasteiger partial charge in [0.15, 0.2) is 0 Å². The summed E-state index contributed by atoms with van der Waals surface area (Å²) in [5.41, 5.74) is 3.42. The van der Waals surface area contributed by atoms with Gasteiger partial charge in [0.2, 0.25) is 10.0 Å². The molecule has 0 aliphatic carbocycles. The number of nitrogens with one attached hydrogen (secondary N) is 2. The molecule has 0 unspecified atom stereocenters. The third-order valence-electron chi connectivity index (χ3n) is 4.86. The number of hydrogen-bond donors (Lipinski definition) is 2. The van der Waals surface area contributed by atoms with Crippen molar-refractivity contribution in [3.8, 4) is 0 Å². The minimum atomic E-state index is -3.43. The largest absolute Gasteiger partial charge is 0.379 e. The number of sulfonamides is 1. The van der Waals surface area contributed by atoms with Crippen LogP contribution in [0.15, 0.2) is 59.6 Å².